The Bertz CT molecular complexity index is 265. The molecule has 0 fully saturated rings. The molecule has 18 heavy (non-hydrogen) atoms. The highest BCUT2D eigenvalue weighted by Gasteiger charge is 2.38. The van der Waals surface area contributed by atoms with Gasteiger partial charge in [-0.25, -0.2) is 0 Å². The van der Waals surface area contributed by atoms with Gasteiger partial charge in [-0.2, -0.15) is 0 Å². The van der Waals surface area contributed by atoms with Gasteiger partial charge in [0.1, 0.15) is 5.60 Å². The maximum Gasteiger partial charge on any atom is 0.179 e. The molecule has 0 spiro atoms. The first-order valence-corrected chi connectivity index (χ1v) is 6.23. The quantitative estimate of drug-likeness (QED) is 0.191. The molecule has 0 aromatic carbocycles. The summed E-state index contributed by atoms with van der Waals surface area (Å²) in [6.07, 6.45) is 3.05. The topological polar surface area (TPSA) is 82.5 Å². The lowest BCUT2D eigenvalue weighted by Crippen LogP contribution is -2.61. The van der Waals surface area contributed by atoms with Crippen LogP contribution in [0.1, 0.15) is 40.5 Å². The van der Waals surface area contributed by atoms with E-state index in [9.17, 15) is 0 Å². The highest BCUT2D eigenvalue weighted by Crippen LogP contribution is 2.21. The zero-order chi connectivity index (χ0) is 14.4. The number of rotatable bonds is 9. The first-order chi connectivity index (χ1) is 8.04. The van der Waals surface area contributed by atoms with Crippen molar-refractivity contribution in [1.82, 2.24) is 5.32 Å². The van der Waals surface area contributed by atoms with Gasteiger partial charge in [-0.15, -0.1) is 15.5 Å². The van der Waals surface area contributed by atoms with Gasteiger partial charge in [0.2, 0.25) is 0 Å². The first kappa shape index (κ1) is 17.3. The summed E-state index contributed by atoms with van der Waals surface area (Å²) in [5.41, 5.74) is 4.66. The van der Waals surface area contributed by atoms with Gasteiger partial charge in [-0.1, -0.05) is 13.5 Å². The van der Waals surface area contributed by atoms with Crippen molar-refractivity contribution < 1.29 is 14.6 Å². The maximum atomic E-state index is 5.94. The molecule has 0 aliphatic rings. The lowest BCUT2D eigenvalue weighted by Gasteiger charge is -2.35. The zero-order valence-corrected chi connectivity index (χ0v) is 12.3. The van der Waals surface area contributed by atoms with E-state index in [1.165, 1.54) is 0 Å². The number of hydrogen-bond donors (Lipinski definition) is 3. The molecule has 0 aromatic heterocycles. The van der Waals surface area contributed by atoms with E-state index in [-0.39, 0.29) is 0 Å². The van der Waals surface area contributed by atoms with Crippen LogP contribution in [-0.2, 0) is 9.68 Å². The molecule has 0 aliphatic carbocycles. The number of nitrogens with two attached hydrogens (primary N) is 2. The molecule has 2 unspecified atom stereocenters. The summed E-state index contributed by atoms with van der Waals surface area (Å²) >= 11 is 0. The van der Waals surface area contributed by atoms with Gasteiger partial charge in [-0.3, -0.25) is 5.73 Å². The van der Waals surface area contributed by atoms with Crippen LogP contribution in [0.2, 0.25) is 0 Å². The van der Waals surface area contributed by atoms with E-state index in [1.807, 2.05) is 20.8 Å². The molecule has 6 nitrogen and oxygen atoms in total. The van der Waals surface area contributed by atoms with E-state index in [0.29, 0.717) is 6.42 Å². The van der Waals surface area contributed by atoms with Crippen molar-refractivity contribution in [3.63, 3.8) is 0 Å². The van der Waals surface area contributed by atoms with E-state index in [0.717, 1.165) is 13.0 Å². The highest BCUT2D eigenvalue weighted by molar-refractivity contribution is 4.71. The molecule has 5 N–H and O–H groups in total. The fourth-order valence-corrected chi connectivity index (χ4v) is 1.51. The van der Waals surface area contributed by atoms with Crippen molar-refractivity contribution in [2.75, 3.05) is 13.6 Å². The van der Waals surface area contributed by atoms with Crippen LogP contribution in [0.25, 0.3) is 0 Å². The molecule has 0 bridgehead atoms. The minimum atomic E-state index is -0.820. The Balaban J connectivity index is 4.40. The highest BCUT2D eigenvalue weighted by atomic mass is 17.0. The van der Waals surface area contributed by atoms with E-state index >= 15 is 0 Å². The van der Waals surface area contributed by atoms with Gasteiger partial charge in [0.15, 0.2) is 12.8 Å². The van der Waals surface area contributed by atoms with E-state index in [2.05, 4.69) is 11.9 Å². The molecule has 6 heteroatoms. The van der Waals surface area contributed by atoms with Crippen LogP contribution in [-0.4, -0.2) is 29.8 Å². The standard InChI is InChI=1S/C12H29N4O2/c1-7-12(5,13)18-16(6,14)17-11(3,4)9-10-15-8-2/h8,15H,2,7,9-10,13-14H2,1,3-6H3/q+1. The molecule has 0 saturated carbocycles. The maximum absolute atomic E-state index is 5.94. The molecule has 0 amide bonds. The van der Waals surface area contributed by atoms with Crippen LogP contribution in [0.15, 0.2) is 12.8 Å². The molecule has 0 saturated heterocycles. The zero-order valence-electron chi connectivity index (χ0n) is 12.3. The molecule has 0 aliphatic heterocycles. The average Bonchev–Trinajstić information content (AvgIpc) is 2.14. The van der Waals surface area contributed by atoms with Gasteiger partial charge < -0.3 is 5.32 Å². The molecule has 108 valence electrons. The minimum Gasteiger partial charge on any atom is -0.391 e. The molecule has 0 aromatic rings. The third-order valence-corrected chi connectivity index (χ3v) is 2.54. The van der Waals surface area contributed by atoms with Gasteiger partial charge in [0.25, 0.3) is 0 Å². The smallest absolute Gasteiger partial charge is 0.179 e. The fraction of sp³-hybridized carbons (Fsp3) is 0.833. The van der Waals surface area contributed by atoms with Crippen LogP contribution in [0.4, 0.5) is 0 Å². The van der Waals surface area contributed by atoms with Gasteiger partial charge in [0, 0.05) is 11.5 Å². The van der Waals surface area contributed by atoms with Gasteiger partial charge >= 0.3 is 0 Å². The van der Waals surface area contributed by atoms with Crippen molar-refractivity contribution in [3.8, 4) is 0 Å². The molecule has 0 rings (SSSR count). The van der Waals surface area contributed by atoms with Crippen LogP contribution in [0, 0.1) is 0 Å². The van der Waals surface area contributed by atoms with Crippen LogP contribution in [0.3, 0.4) is 0 Å². The summed E-state index contributed by atoms with van der Waals surface area (Å²) in [5, 5.41) is 3.02. The van der Waals surface area contributed by atoms with Gasteiger partial charge in [0.05, 0.1) is 0 Å². The molecular formula is C12H29N4O2+. The summed E-state index contributed by atoms with van der Waals surface area (Å²) in [4.78, 5) is 10.8. The minimum absolute atomic E-state index is 0.441. The molecule has 0 radical (unpaired) electrons. The Hall–Kier alpha value is -0.660. The SMILES string of the molecule is C=CNCCC(C)(C)O[N+](C)(N)OC(C)(N)CC. The predicted octanol–water partition coefficient (Wildman–Crippen LogP) is 1.16. The Kier molecular flexibility index (Phi) is 6.25. The summed E-state index contributed by atoms with van der Waals surface area (Å²) < 4.78 is 0. The number of hydrogen-bond acceptors (Lipinski definition) is 5. The van der Waals surface area contributed by atoms with E-state index in [4.69, 9.17) is 21.3 Å². The van der Waals surface area contributed by atoms with E-state index < -0.39 is 16.2 Å². The largest absolute Gasteiger partial charge is 0.391 e. The monoisotopic (exact) mass is 261 g/mol. The average molecular weight is 261 g/mol. The Labute approximate surface area is 110 Å². The van der Waals surface area contributed by atoms with Crippen molar-refractivity contribution in [2.45, 2.75) is 51.9 Å². The molecule has 2 atom stereocenters. The van der Waals surface area contributed by atoms with Crippen molar-refractivity contribution in [3.05, 3.63) is 12.8 Å². The Morgan fingerprint density at radius 1 is 1.33 bits per heavy atom. The lowest BCUT2D eigenvalue weighted by molar-refractivity contribution is -1.26. The lowest BCUT2D eigenvalue weighted by atomic mass is 10.1. The fourth-order valence-electron chi connectivity index (χ4n) is 1.51. The molecular weight excluding hydrogens is 232 g/mol. The number of nitrogens with zero attached hydrogens (tertiary/aromatic N) is 1. The van der Waals surface area contributed by atoms with Crippen molar-refractivity contribution >= 4 is 0 Å². The van der Waals surface area contributed by atoms with Crippen molar-refractivity contribution in [1.29, 1.82) is 0 Å². The summed E-state index contributed by atoms with van der Waals surface area (Å²) in [7, 11) is 1.61. The first-order valence-electron chi connectivity index (χ1n) is 6.23. The Morgan fingerprint density at radius 2 is 1.89 bits per heavy atom. The Morgan fingerprint density at radius 3 is 2.33 bits per heavy atom. The number of quaternary nitrogens is 1. The third-order valence-electron chi connectivity index (χ3n) is 2.54. The second-order valence-corrected chi connectivity index (χ2v) is 5.43. The van der Waals surface area contributed by atoms with Crippen molar-refractivity contribution in [2.24, 2.45) is 11.6 Å². The second kappa shape index (κ2) is 6.49. The van der Waals surface area contributed by atoms with Crippen LogP contribution >= 0.6 is 0 Å². The van der Waals surface area contributed by atoms with Crippen LogP contribution in [0.5, 0.6) is 0 Å². The normalized spacial score (nSPS) is 18.8. The predicted molar refractivity (Wildman–Crippen MR) is 72.3 cm³/mol. The van der Waals surface area contributed by atoms with Crippen LogP contribution < -0.4 is 16.9 Å². The number of nitrogens with one attached hydrogen (secondary N) is 1. The van der Waals surface area contributed by atoms with E-state index in [1.54, 1.807) is 20.2 Å². The number of hydroxylamine groups is 2. The third kappa shape index (κ3) is 7.62. The summed E-state index contributed by atoms with van der Waals surface area (Å²) in [6.45, 7) is 11.9. The van der Waals surface area contributed by atoms with Gasteiger partial charge in [-0.05, 0) is 39.8 Å². The summed E-state index contributed by atoms with van der Waals surface area (Å²) in [6, 6.07) is 0. The molecule has 0 heterocycles. The second-order valence-electron chi connectivity index (χ2n) is 5.43. The summed E-state index contributed by atoms with van der Waals surface area (Å²) in [5.74, 6) is 5.94.